The quantitative estimate of drug-likeness (QED) is 0.344. The molecule has 0 aliphatic rings. The van der Waals surface area contributed by atoms with E-state index in [1.54, 1.807) is 0 Å². The Morgan fingerprint density at radius 2 is 1.82 bits per heavy atom. The maximum Gasteiger partial charge on any atom is 0.308 e. The lowest BCUT2D eigenvalue weighted by molar-refractivity contribution is -0.394. The fourth-order valence-corrected chi connectivity index (χ4v) is 1.21. The Balaban J connectivity index is 3.42. The van der Waals surface area contributed by atoms with Crippen molar-refractivity contribution in [2.75, 3.05) is 0 Å². The number of carbonyl (C=O) groups is 1. The zero-order valence-electron chi connectivity index (χ0n) is 9.00. The minimum Gasteiger partial charge on any atom is -0.426 e. The van der Waals surface area contributed by atoms with Crippen LogP contribution in [0, 0.1) is 27.2 Å². The van der Waals surface area contributed by atoms with Crippen LogP contribution in [0.4, 0.5) is 11.4 Å². The molecule has 1 rings (SSSR count). The highest BCUT2D eigenvalue weighted by molar-refractivity contribution is 5.71. The van der Waals surface area contributed by atoms with Crippen LogP contribution in [0.2, 0.25) is 0 Å². The molecule has 0 saturated carbocycles. The number of benzene rings is 1. The van der Waals surface area contributed by atoms with Crippen LogP contribution in [0.1, 0.15) is 12.5 Å². The Morgan fingerprint density at radius 3 is 2.24 bits per heavy atom. The molecular formula is C9H8N2O6. The Kier molecular flexibility index (Phi) is 3.37. The summed E-state index contributed by atoms with van der Waals surface area (Å²) in [5.74, 6) is -0.888. The average Bonchev–Trinajstić information content (AvgIpc) is 2.19. The highest BCUT2D eigenvalue weighted by Crippen LogP contribution is 2.32. The molecule has 8 heteroatoms. The van der Waals surface area contributed by atoms with Crippen molar-refractivity contribution in [1.29, 1.82) is 0 Å². The van der Waals surface area contributed by atoms with E-state index in [0.717, 1.165) is 19.1 Å². The summed E-state index contributed by atoms with van der Waals surface area (Å²) in [6.45, 7) is 2.45. The van der Waals surface area contributed by atoms with E-state index in [0.29, 0.717) is 0 Å². The molecule has 90 valence electrons. The Hall–Kier alpha value is -2.51. The fraction of sp³-hybridized carbons (Fsp3) is 0.222. The van der Waals surface area contributed by atoms with Crippen molar-refractivity contribution in [3.05, 3.63) is 37.9 Å². The van der Waals surface area contributed by atoms with Crippen LogP contribution in [0.25, 0.3) is 0 Å². The van der Waals surface area contributed by atoms with Gasteiger partial charge in [-0.3, -0.25) is 25.0 Å². The standard InChI is InChI=1S/C9H8N2O6/c1-5-8(11(15)16)3-7(10(13)14)4-9(5)17-6(2)12/h3-4H,1-2H3. The summed E-state index contributed by atoms with van der Waals surface area (Å²) in [7, 11) is 0. The lowest BCUT2D eigenvalue weighted by Crippen LogP contribution is -2.05. The Labute approximate surface area is 95.1 Å². The van der Waals surface area contributed by atoms with Crippen molar-refractivity contribution in [2.24, 2.45) is 0 Å². The third-order valence-electron chi connectivity index (χ3n) is 1.98. The molecule has 0 amide bonds. The largest absolute Gasteiger partial charge is 0.426 e. The average molecular weight is 240 g/mol. The van der Waals surface area contributed by atoms with E-state index in [1.807, 2.05) is 0 Å². The predicted octanol–water partition coefficient (Wildman–Crippen LogP) is 1.74. The van der Waals surface area contributed by atoms with Gasteiger partial charge in [-0.2, -0.15) is 0 Å². The van der Waals surface area contributed by atoms with Gasteiger partial charge in [0.25, 0.3) is 11.4 Å². The molecular weight excluding hydrogens is 232 g/mol. The molecule has 0 fully saturated rings. The monoisotopic (exact) mass is 240 g/mol. The van der Waals surface area contributed by atoms with E-state index >= 15 is 0 Å². The van der Waals surface area contributed by atoms with Gasteiger partial charge in [0.2, 0.25) is 0 Å². The molecule has 1 aromatic carbocycles. The number of ether oxygens (including phenoxy) is 1. The van der Waals surface area contributed by atoms with E-state index in [9.17, 15) is 25.0 Å². The molecule has 0 N–H and O–H groups in total. The minimum atomic E-state index is -0.792. The molecule has 8 nitrogen and oxygen atoms in total. The maximum absolute atomic E-state index is 10.8. The van der Waals surface area contributed by atoms with Crippen molar-refractivity contribution in [2.45, 2.75) is 13.8 Å². The first kappa shape index (κ1) is 12.6. The highest BCUT2D eigenvalue weighted by Gasteiger charge is 2.22. The van der Waals surface area contributed by atoms with Gasteiger partial charge in [0.15, 0.2) is 0 Å². The number of non-ortho nitro benzene ring substituents is 1. The molecule has 1 aromatic rings. The van der Waals surface area contributed by atoms with Gasteiger partial charge in [0, 0.05) is 6.92 Å². The third-order valence-corrected chi connectivity index (χ3v) is 1.98. The van der Waals surface area contributed by atoms with Gasteiger partial charge in [0.1, 0.15) is 5.75 Å². The van der Waals surface area contributed by atoms with Crippen molar-refractivity contribution in [3.8, 4) is 5.75 Å². The van der Waals surface area contributed by atoms with Crippen LogP contribution in [0.15, 0.2) is 12.1 Å². The van der Waals surface area contributed by atoms with Gasteiger partial charge in [-0.1, -0.05) is 0 Å². The van der Waals surface area contributed by atoms with Crippen molar-refractivity contribution in [1.82, 2.24) is 0 Å². The Morgan fingerprint density at radius 1 is 1.24 bits per heavy atom. The molecule has 0 radical (unpaired) electrons. The second kappa shape index (κ2) is 4.56. The molecule has 0 saturated heterocycles. The number of carbonyl (C=O) groups excluding carboxylic acids is 1. The molecule has 0 aliphatic carbocycles. The first-order chi connectivity index (χ1) is 7.82. The Bertz CT molecular complexity index is 510. The predicted molar refractivity (Wildman–Crippen MR) is 55.8 cm³/mol. The van der Waals surface area contributed by atoms with Crippen molar-refractivity contribution >= 4 is 17.3 Å². The molecule has 0 unspecified atom stereocenters. The van der Waals surface area contributed by atoms with Crippen LogP contribution in [-0.4, -0.2) is 15.8 Å². The van der Waals surface area contributed by atoms with Gasteiger partial charge in [0.05, 0.1) is 27.5 Å². The number of esters is 1. The normalized spacial score (nSPS) is 9.76. The van der Waals surface area contributed by atoms with Crippen LogP contribution >= 0.6 is 0 Å². The van der Waals surface area contributed by atoms with Gasteiger partial charge < -0.3 is 4.74 Å². The maximum atomic E-state index is 10.8. The van der Waals surface area contributed by atoms with Gasteiger partial charge in [-0.15, -0.1) is 0 Å². The zero-order valence-corrected chi connectivity index (χ0v) is 9.00. The van der Waals surface area contributed by atoms with Gasteiger partial charge in [-0.05, 0) is 6.92 Å². The number of rotatable bonds is 3. The molecule has 0 heterocycles. The van der Waals surface area contributed by atoms with E-state index in [4.69, 9.17) is 0 Å². The molecule has 0 aliphatic heterocycles. The summed E-state index contributed by atoms with van der Waals surface area (Å²) in [6, 6.07) is 1.80. The number of hydrogen-bond acceptors (Lipinski definition) is 6. The lowest BCUT2D eigenvalue weighted by atomic mass is 10.1. The molecule has 17 heavy (non-hydrogen) atoms. The van der Waals surface area contributed by atoms with E-state index < -0.39 is 27.2 Å². The third kappa shape index (κ3) is 2.74. The highest BCUT2D eigenvalue weighted by atomic mass is 16.6. The number of nitro benzene ring substituents is 2. The summed E-state index contributed by atoms with van der Waals surface area (Å²) >= 11 is 0. The summed E-state index contributed by atoms with van der Waals surface area (Å²) in [6.07, 6.45) is 0. The van der Waals surface area contributed by atoms with E-state index in [1.165, 1.54) is 6.92 Å². The van der Waals surface area contributed by atoms with Gasteiger partial charge in [-0.25, -0.2) is 0 Å². The summed E-state index contributed by atoms with van der Waals surface area (Å²) in [4.78, 5) is 30.4. The number of nitrogens with zero attached hydrogens (tertiary/aromatic N) is 2. The van der Waals surface area contributed by atoms with Crippen LogP contribution in [0.3, 0.4) is 0 Å². The summed E-state index contributed by atoms with van der Waals surface area (Å²) in [5.41, 5.74) is -0.898. The van der Waals surface area contributed by atoms with Crippen LogP contribution < -0.4 is 4.74 Å². The zero-order chi connectivity index (χ0) is 13.2. The first-order valence-electron chi connectivity index (χ1n) is 4.44. The lowest BCUT2D eigenvalue weighted by Gasteiger charge is -2.05. The number of nitro groups is 2. The smallest absolute Gasteiger partial charge is 0.308 e. The second-order valence-electron chi connectivity index (χ2n) is 3.20. The summed E-state index contributed by atoms with van der Waals surface area (Å²) in [5, 5.41) is 21.2. The number of hydrogen-bond donors (Lipinski definition) is 0. The second-order valence-corrected chi connectivity index (χ2v) is 3.20. The SMILES string of the molecule is CC(=O)Oc1cc([N+](=O)[O-])cc([N+](=O)[O-])c1C. The molecule has 0 bridgehead atoms. The molecule has 0 atom stereocenters. The minimum absolute atomic E-state index is 0.0656. The van der Waals surface area contributed by atoms with Crippen LogP contribution in [-0.2, 0) is 4.79 Å². The van der Waals surface area contributed by atoms with Crippen molar-refractivity contribution < 1.29 is 19.4 Å². The molecule has 0 aromatic heterocycles. The van der Waals surface area contributed by atoms with Crippen molar-refractivity contribution in [3.63, 3.8) is 0 Å². The first-order valence-corrected chi connectivity index (χ1v) is 4.44. The summed E-state index contributed by atoms with van der Waals surface area (Å²) < 4.78 is 4.68. The van der Waals surface area contributed by atoms with Crippen LogP contribution in [0.5, 0.6) is 5.75 Å². The fourth-order valence-electron chi connectivity index (χ4n) is 1.21. The topological polar surface area (TPSA) is 113 Å². The van der Waals surface area contributed by atoms with Gasteiger partial charge >= 0.3 is 5.97 Å². The van der Waals surface area contributed by atoms with E-state index in [2.05, 4.69) is 4.74 Å². The molecule has 0 spiro atoms. The van der Waals surface area contributed by atoms with E-state index in [-0.39, 0.29) is 11.3 Å².